The van der Waals surface area contributed by atoms with Crippen LogP contribution in [0.2, 0.25) is 0 Å². The molecule has 2 aromatic rings. The lowest BCUT2D eigenvalue weighted by molar-refractivity contribution is -0.153. The molecule has 0 saturated heterocycles. The molecule has 2 aliphatic carbocycles. The zero-order chi connectivity index (χ0) is 24.2. The minimum absolute atomic E-state index is 0.0859. The molecule has 6 heteroatoms. The predicted octanol–water partition coefficient (Wildman–Crippen LogP) is 4.01. The fraction of sp³-hybridized carbons (Fsp3) is 0.536. The van der Waals surface area contributed by atoms with Crippen LogP contribution in [0.3, 0.4) is 0 Å². The van der Waals surface area contributed by atoms with Crippen LogP contribution in [0.25, 0.3) is 10.8 Å². The summed E-state index contributed by atoms with van der Waals surface area (Å²) in [5, 5.41) is 7.92. The third kappa shape index (κ3) is 5.60. The van der Waals surface area contributed by atoms with E-state index in [0.29, 0.717) is 11.8 Å². The first-order valence-electron chi connectivity index (χ1n) is 12.5. The topological polar surface area (TPSA) is 84.5 Å². The Labute approximate surface area is 201 Å². The largest absolute Gasteiger partial charge is 0.454 e. The van der Waals surface area contributed by atoms with Crippen LogP contribution in [-0.4, -0.2) is 36.5 Å². The molecule has 2 aromatic carbocycles. The lowest BCUT2D eigenvalue weighted by atomic mass is 9.84. The van der Waals surface area contributed by atoms with E-state index in [1.165, 1.54) is 25.7 Å². The molecule has 0 spiro atoms. The van der Waals surface area contributed by atoms with Gasteiger partial charge in [0.25, 0.3) is 5.91 Å². The molecule has 2 amide bonds. The van der Waals surface area contributed by atoms with E-state index in [0.717, 1.165) is 22.3 Å². The summed E-state index contributed by atoms with van der Waals surface area (Å²) >= 11 is 0. The van der Waals surface area contributed by atoms with Gasteiger partial charge in [-0.25, -0.2) is 4.79 Å². The van der Waals surface area contributed by atoms with Gasteiger partial charge in [-0.15, -0.1) is 0 Å². The van der Waals surface area contributed by atoms with Crippen molar-refractivity contribution in [2.75, 3.05) is 6.61 Å². The molecule has 2 bridgehead atoms. The van der Waals surface area contributed by atoms with E-state index in [2.05, 4.69) is 17.6 Å². The average Bonchev–Trinajstić information content (AvgIpc) is 3.45. The summed E-state index contributed by atoms with van der Waals surface area (Å²) in [7, 11) is 0. The number of esters is 1. The van der Waals surface area contributed by atoms with Crippen LogP contribution in [0, 0.1) is 23.7 Å². The van der Waals surface area contributed by atoms with Crippen molar-refractivity contribution in [1.29, 1.82) is 0 Å². The number of hydrogen-bond acceptors (Lipinski definition) is 4. The second-order valence-electron chi connectivity index (χ2n) is 10.4. The van der Waals surface area contributed by atoms with Crippen LogP contribution >= 0.6 is 0 Å². The highest BCUT2D eigenvalue weighted by Gasteiger charge is 2.42. The van der Waals surface area contributed by atoms with Gasteiger partial charge in [-0.1, -0.05) is 62.7 Å². The van der Waals surface area contributed by atoms with Crippen LogP contribution in [0.1, 0.15) is 52.0 Å². The van der Waals surface area contributed by atoms with E-state index in [4.69, 9.17) is 4.74 Å². The van der Waals surface area contributed by atoms with Crippen molar-refractivity contribution in [3.8, 4) is 0 Å². The summed E-state index contributed by atoms with van der Waals surface area (Å²) in [5.74, 6) is 0.773. The van der Waals surface area contributed by atoms with Crippen molar-refractivity contribution >= 4 is 28.6 Å². The first kappa shape index (κ1) is 24.2. The van der Waals surface area contributed by atoms with Gasteiger partial charge in [0.2, 0.25) is 5.91 Å². The van der Waals surface area contributed by atoms with Crippen molar-refractivity contribution < 1.29 is 19.1 Å². The molecule has 6 nitrogen and oxygen atoms in total. The van der Waals surface area contributed by atoms with Gasteiger partial charge >= 0.3 is 5.97 Å². The second kappa shape index (κ2) is 10.6. The summed E-state index contributed by atoms with van der Waals surface area (Å²) < 4.78 is 5.31. The van der Waals surface area contributed by atoms with Gasteiger partial charge in [0.15, 0.2) is 6.61 Å². The Morgan fingerprint density at radius 2 is 1.71 bits per heavy atom. The minimum atomic E-state index is -0.807. The second-order valence-corrected chi connectivity index (χ2v) is 10.4. The van der Waals surface area contributed by atoms with Gasteiger partial charge in [-0.3, -0.25) is 9.59 Å². The van der Waals surface area contributed by atoms with Gasteiger partial charge in [0.05, 0.1) is 6.42 Å². The molecule has 0 aromatic heterocycles. The van der Waals surface area contributed by atoms with Gasteiger partial charge < -0.3 is 15.4 Å². The summed E-state index contributed by atoms with van der Waals surface area (Å²) in [6, 6.07) is 13.0. The first-order chi connectivity index (χ1) is 16.3. The minimum Gasteiger partial charge on any atom is -0.454 e. The Hall–Kier alpha value is -2.89. The van der Waals surface area contributed by atoms with Crippen LogP contribution < -0.4 is 10.6 Å². The molecule has 2 fully saturated rings. The number of fused-ring (bicyclic) bond motifs is 3. The molecule has 34 heavy (non-hydrogen) atoms. The number of carbonyl (C=O) groups excluding carboxylic acids is 3. The zero-order valence-corrected chi connectivity index (χ0v) is 20.4. The van der Waals surface area contributed by atoms with E-state index in [-0.39, 0.29) is 36.8 Å². The van der Waals surface area contributed by atoms with E-state index in [1.54, 1.807) is 0 Å². The Morgan fingerprint density at radius 3 is 2.41 bits per heavy atom. The summed E-state index contributed by atoms with van der Waals surface area (Å²) in [5.41, 5.74) is 0.903. The predicted molar refractivity (Wildman–Crippen MR) is 132 cm³/mol. The molecule has 0 aliphatic heterocycles. The number of hydrogen-bond donors (Lipinski definition) is 2. The maximum Gasteiger partial charge on any atom is 0.329 e. The van der Waals surface area contributed by atoms with Gasteiger partial charge in [-0.05, 0) is 66.2 Å². The fourth-order valence-corrected chi connectivity index (χ4v) is 5.88. The van der Waals surface area contributed by atoms with Crippen molar-refractivity contribution in [2.45, 2.75) is 65.0 Å². The van der Waals surface area contributed by atoms with Crippen LogP contribution in [0.5, 0.6) is 0 Å². The SMILES string of the molecule is CC(C)[C@H](NC(=O)Cc1cccc2ccccc12)C(=O)OCC(=O)N[C@@H](C)[C@@H]1C[C@H]2CC[C@H]1C2. The molecule has 5 atom stereocenters. The average molecular weight is 465 g/mol. The number of ether oxygens (including phenoxy) is 1. The van der Waals surface area contributed by atoms with E-state index in [9.17, 15) is 14.4 Å². The Kier molecular flexibility index (Phi) is 7.54. The lowest BCUT2D eigenvalue weighted by Gasteiger charge is -2.28. The quantitative estimate of drug-likeness (QED) is 0.549. The monoisotopic (exact) mass is 464 g/mol. The molecule has 2 aliphatic rings. The number of carbonyl (C=O) groups is 3. The molecule has 2 N–H and O–H groups in total. The summed E-state index contributed by atoms with van der Waals surface area (Å²) in [4.78, 5) is 37.9. The highest BCUT2D eigenvalue weighted by atomic mass is 16.5. The number of amides is 2. The Balaban J connectivity index is 1.28. The van der Waals surface area contributed by atoms with Crippen molar-refractivity contribution in [3.63, 3.8) is 0 Å². The van der Waals surface area contributed by atoms with E-state index >= 15 is 0 Å². The highest BCUT2D eigenvalue weighted by Crippen LogP contribution is 2.49. The zero-order valence-electron chi connectivity index (χ0n) is 20.4. The van der Waals surface area contributed by atoms with Crippen LogP contribution in [-0.2, 0) is 25.5 Å². The van der Waals surface area contributed by atoms with Crippen molar-refractivity contribution in [2.24, 2.45) is 23.7 Å². The maximum absolute atomic E-state index is 12.8. The fourth-order valence-electron chi connectivity index (χ4n) is 5.88. The first-order valence-corrected chi connectivity index (χ1v) is 12.5. The smallest absolute Gasteiger partial charge is 0.329 e. The van der Waals surface area contributed by atoms with Gasteiger partial charge in [0, 0.05) is 6.04 Å². The normalized spacial score (nSPS) is 23.0. The standard InChI is InChI=1S/C28H36N2O4/c1-17(2)27(30-25(31)15-21-9-6-8-20-7-4-5-10-23(20)21)28(33)34-16-26(32)29-18(3)24-14-19-11-12-22(24)13-19/h4-10,17-19,22,24,27H,11-16H2,1-3H3,(H,29,32)(H,30,31)/t18-,19-,22-,24-,27-/m0/s1. The highest BCUT2D eigenvalue weighted by molar-refractivity contribution is 5.92. The van der Waals surface area contributed by atoms with Crippen molar-refractivity contribution in [1.82, 2.24) is 10.6 Å². The molecule has 0 heterocycles. The number of rotatable bonds is 9. The molecule has 2 saturated carbocycles. The Morgan fingerprint density at radius 1 is 0.941 bits per heavy atom. The van der Waals surface area contributed by atoms with Crippen molar-refractivity contribution in [3.05, 3.63) is 48.0 Å². The lowest BCUT2D eigenvalue weighted by Crippen LogP contribution is -2.47. The summed E-state index contributed by atoms with van der Waals surface area (Å²) in [6.07, 6.45) is 5.22. The molecule has 0 radical (unpaired) electrons. The maximum atomic E-state index is 12.8. The molecular weight excluding hydrogens is 428 g/mol. The third-order valence-electron chi connectivity index (χ3n) is 7.64. The van der Waals surface area contributed by atoms with E-state index in [1.807, 2.05) is 56.3 Å². The Bertz CT molecular complexity index is 1040. The van der Waals surface area contributed by atoms with E-state index < -0.39 is 12.0 Å². The van der Waals surface area contributed by atoms with Gasteiger partial charge in [-0.2, -0.15) is 0 Å². The summed E-state index contributed by atoms with van der Waals surface area (Å²) in [6.45, 7) is 5.42. The molecule has 0 unspecified atom stereocenters. The molecule has 182 valence electrons. The number of benzene rings is 2. The molecular formula is C28H36N2O4. The molecule has 4 rings (SSSR count). The van der Waals surface area contributed by atoms with Crippen LogP contribution in [0.15, 0.2) is 42.5 Å². The third-order valence-corrected chi connectivity index (χ3v) is 7.64. The van der Waals surface area contributed by atoms with Crippen LogP contribution in [0.4, 0.5) is 0 Å². The number of nitrogens with one attached hydrogen (secondary N) is 2. The van der Waals surface area contributed by atoms with Gasteiger partial charge in [0.1, 0.15) is 6.04 Å².